The number of likely N-dealkylation sites (tertiary alicyclic amines) is 2. The maximum Gasteiger partial charge on any atom is 0.407 e. The van der Waals surface area contributed by atoms with Gasteiger partial charge in [0, 0.05) is 30.9 Å². The van der Waals surface area contributed by atoms with Crippen molar-refractivity contribution in [3.63, 3.8) is 0 Å². The number of nitrogens with zero attached hydrogens (tertiary/aromatic N) is 4. The number of carbonyl (C=O) groups is 4. The van der Waals surface area contributed by atoms with Crippen molar-refractivity contribution in [1.82, 2.24) is 40.4 Å². The molecule has 9 atom stereocenters. The molecule has 3 aliphatic heterocycles. The number of hydrogen-bond acceptors (Lipinski definition) is 9. The van der Waals surface area contributed by atoms with Crippen molar-refractivity contribution >= 4 is 34.8 Å². The minimum absolute atomic E-state index is 0.0285. The van der Waals surface area contributed by atoms with Crippen LogP contribution in [0.15, 0.2) is 73.1 Å². The molecule has 3 aromatic carbocycles. The minimum Gasteiger partial charge on any atom is -0.453 e. The second-order valence-corrected chi connectivity index (χ2v) is 18.7. The Hall–Kier alpha value is -6.22. The SMILES string of the molecule is COC(=O)NC(C(=O)N1[C@@H]2C[C@@H]2C[C@H]1c1ncc(-c2ccc3cc(-c4ccc(-c5cnc([C@@H]6CC7C([C@@H]7C)N6C(=O)C(NC(=O)OC)C6CCOCC6)[nH]5)cc4)ccc3c2)[nH]1)C(C)C. The number of piperidine rings is 2. The van der Waals surface area contributed by atoms with E-state index in [1.807, 2.05) is 36.0 Å². The number of ether oxygens (including phenoxy) is 3. The lowest BCUT2D eigenvalue weighted by Crippen LogP contribution is -2.54. The van der Waals surface area contributed by atoms with Crippen LogP contribution in [-0.4, -0.2) is 105 Å². The van der Waals surface area contributed by atoms with E-state index in [-0.39, 0.29) is 47.8 Å². The van der Waals surface area contributed by atoms with Gasteiger partial charge in [-0.3, -0.25) is 9.59 Å². The third-order valence-corrected chi connectivity index (χ3v) is 14.6. The van der Waals surface area contributed by atoms with E-state index < -0.39 is 24.3 Å². The summed E-state index contributed by atoms with van der Waals surface area (Å²) in [7, 11) is 2.63. The molecule has 5 fully saturated rings. The van der Waals surface area contributed by atoms with Crippen molar-refractivity contribution in [1.29, 1.82) is 0 Å². The molecule has 5 aromatic rings. The summed E-state index contributed by atoms with van der Waals surface area (Å²) in [6.07, 6.45) is 6.52. The third-order valence-electron chi connectivity index (χ3n) is 14.6. The number of methoxy groups -OCH3 is 2. The van der Waals surface area contributed by atoms with E-state index in [1.54, 1.807) is 0 Å². The Labute approximate surface area is 372 Å². The van der Waals surface area contributed by atoms with Crippen LogP contribution < -0.4 is 10.6 Å². The van der Waals surface area contributed by atoms with Gasteiger partial charge in [0.15, 0.2) is 0 Å². The molecule has 4 N–H and O–H groups in total. The van der Waals surface area contributed by atoms with Crippen LogP contribution in [0, 0.1) is 29.6 Å². The number of carbonyl (C=O) groups excluding carboxylic acids is 4. The molecule has 2 aliphatic carbocycles. The lowest BCUT2D eigenvalue weighted by Gasteiger charge is -2.35. The van der Waals surface area contributed by atoms with Gasteiger partial charge >= 0.3 is 12.2 Å². The quantitative estimate of drug-likeness (QED) is 0.105. The summed E-state index contributed by atoms with van der Waals surface area (Å²) in [4.78, 5) is 73.3. The fourth-order valence-corrected chi connectivity index (χ4v) is 10.9. The van der Waals surface area contributed by atoms with Gasteiger partial charge < -0.3 is 44.6 Å². The summed E-state index contributed by atoms with van der Waals surface area (Å²) in [6.45, 7) is 7.17. The van der Waals surface area contributed by atoms with E-state index in [2.05, 4.69) is 88.2 Å². The average molecular weight is 869 g/mol. The number of H-pyrrole nitrogens is 2. The van der Waals surface area contributed by atoms with E-state index in [9.17, 15) is 19.2 Å². The first-order chi connectivity index (χ1) is 31.0. The third kappa shape index (κ3) is 7.66. The highest BCUT2D eigenvalue weighted by Gasteiger charge is 2.62. The second-order valence-electron chi connectivity index (χ2n) is 18.7. The summed E-state index contributed by atoms with van der Waals surface area (Å²) in [6, 6.07) is 19.8. The Bertz CT molecular complexity index is 2580. The van der Waals surface area contributed by atoms with Crippen LogP contribution >= 0.6 is 0 Å². The first-order valence-electron chi connectivity index (χ1n) is 22.7. The van der Waals surface area contributed by atoms with Crippen LogP contribution in [-0.2, 0) is 23.8 Å². The second kappa shape index (κ2) is 16.7. The summed E-state index contributed by atoms with van der Waals surface area (Å²) < 4.78 is 15.3. The molecule has 0 bridgehead atoms. The molecule has 15 heteroatoms. The minimum atomic E-state index is -0.684. The van der Waals surface area contributed by atoms with Gasteiger partial charge in [-0.2, -0.15) is 0 Å². The predicted molar refractivity (Wildman–Crippen MR) is 238 cm³/mol. The van der Waals surface area contributed by atoms with Crippen LogP contribution in [0.2, 0.25) is 0 Å². The van der Waals surface area contributed by atoms with E-state index in [0.717, 1.165) is 75.3 Å². The number of benzene rings is 3. The van der Waals surface area contributed by atoms with E-state index >= 15 is 0 Å². The average Bonchev–Trinajstić information content (AvgIpc) is 3.78. The van der Waals surface area contributed by atoms with Crippen molar-refractivity contribution in [2.75, 3.05) is 27.4 Å². The highest BCUT2D eigenvalue weighted by molar-refractivity contribution is 5.91. The van der Waals surface area contributed by atoms with Gasteiger partial charge in [-0.05, 0) is 101 Å². The Morgan fingerprint density at radius 1 is 0.719 bits per heavy atom. The fraction of sp³-hybridized carbons (Fsp3) is 0.469. The van der Waals surface area contributed by atoms with Gasteiger partial charge in [0.05, 0.1) is 50.1 Å². The molecule has 0 radical (unpaired) electrons. The molecule has 10 rings (SSSR count). The number of hydrogen-bond donors (Lipinski definition) is 4. The highest BCUT2D eigenvalue weighted by Crippen LogP contribution is 2.58. The molecule has 64 heavy (non-hydrogen) atoms. The molecule has 2 saturated carbocycles. The van der Waals surface area contributed by atoms with Gasteiger partial charge in [-0.1, -0.05) is 69.3 Å². The summed E-state index contributed by atoms with van der Waals surface area (Å²) in [5.41, 5.74) is 5.94. The lowest BCUT2D eigenvalue weighted by atomic mass is 9.90. The summed E-state index contributed by atoms with van der Waals surface area (Å²) in [5.74, 6) is 2.46. The van der Waals surface area contributed by atoms with Crippen LogP contribution in [0.1, 0.15) is 76.6 Å². The van der Waals surface area contributed by atoms with Crippen molar-refractivity contribution in [3.8, 4) is 33.6 Å². The zero-order chi connectivity index (χ0) is 44.4. The van der Waals surface area contributed by atoms with Crippen LogP contribution in [0.25, 0.3) is 44.4 Å². The predicted octanol–water partition coefficient (Wildman–Crippen LogP) is 7.39. The number of nitrogens with one attached hydrogen (secondary N) is 4. The zero-order valence-electron chi connectivity index (χ0n) is 36.9. The zero-order valence-corrected chi connectivity index (χ0v) is 36.9. The molecule has 15 nitrogen and oxygen atoms in total. The number of imidazole rings is 2. The van der Waals surface area contributed by atoms with Crippen LogP contribution in [0.4, 0.5) is 9.59 Å². The highest BCUT2D eigenvalue weighted by atomic mass is 16.5. The Morgan fingerprint density at radius 2 is 1.30 bits per heavy atom. The van der Waals surface area contributed by atoms with Crippen molar-refractivity contribution in [2.24, 2.45) is 29.6 Å². The van der Waals surface area contributed by atoms with Gasteiger partial charge in [0.25, 0.3) is 0 Å². The number of alkyl carbamates (subject to hydrolysis) is 2. The standard InChI is InChI=1S/C49H56N8O7/c1-25(2)41(54-48(60)62-4)46(58)56-38-20-34(38)21-39(56)44-51-24-37(53-44)33-13-12-31-18-30(10-11-32(31)19-33)27-6-8-28(9-7-27)36-23-50-45(52-36)40-22-35-26(3)43(35)57(40)47(59)42(55-49(61)63-5)29-14-16-64-17-15-29/h6-13,18-19,23-26,29,34-35,38-43H,14-17,20-22H2,1-5H3,(H,50,52)(H,51,53)(H,54,60)(H,55,61)/t26-,34-,35?,38-,39+,40+,41?,42?,43?/m1/s1. The number of aromatic nitrogens is 4. The van der Waals surface area contributed by atoms with Gasteiger partial charge in [-0.15, -0.1) is 0 Å². The summed E-state index contributed by atoms with van der Waals surface area (Å²) >= 11 is 0. The lowest BCUT2D eigenvalue weighted by molar-refractivity contribution is -0.138. The van der Waals surface area contributed by atoms with E-state index in [0.29, 0.717) is 43.8 Å². The fourth-order valence-electron chi connectivity index (χ4n) is 10.9. The molecular formula is C49H56N8O7. The number of amides is 4. The molecule has 3 saturated heterocycles. The molecule has 2 aromatic heterocycles. The monoisotopic (exact) mass is 868 g/mol. The van der Waals surface area contributed by atoms with Gasteiger partial charge in [-0.25, -0.2) is 19.6 Å². The Morgan fingerprint density at radius 3 is 1.95 bits per heavy atom. The number of rotatable bonds is 11. The van der Waals surface area contributed by atoms with Crippen LogP contribution in [0.5, 0.6) is 0 Å². The molecular weight excluding hydrogens is 813 g/mol. The van der Waals surface area contributed by atoms with Gasteiger partial charge in [0.1, 0.15) is 23.7 Å². The van der Waals surface area contributed by atoms with E-state index in [4.69, 9.17) is 24.2 Å². The smallest absolute Gasteiger partial charge is 0.407 e. The molecule has 334 valence electrons. The van der Waals surface area contributed by atoms with Crippen molar-refractivity contribution < 1.29 is 33.4 Å². The maximum atomic E-state index is 14.4. The van der Waals surface area contributed by atoms with Crippen molar-refractivity contribution in [3.05, 3.63) is 84.7 Å². The van der Waals surface area contributed by atoms with Crippen LogP contribution in [0.3, 0.4) is 0 Å². The first kappa shape index (κ1) is 41.8. The molecule has 5 heterocycles. The Kier molecular flexibility index (Phi) is 10.9. The largest absolute Gasteiger partial charge is 0.453 e. The van der Waals surface area contributed by atoms with Crippen molar-refractivity contribution in [2.45, 2.75) is 89.1 Å². The Balaban J connectivity index is 0.824. The van der Waals surface area contributed by atoms with E-state index in [1.165, 1.54) is 14.2 Å². The molecule has 4 unspecified atom stereocenters. The summed E-state index contributed by atoms with van der Waals surface area (Å²) in [5, 5.41) is 7.82. The first-order valence-corrected chi connectivity index (χ1v) is 22.7. The van der Waals surface area contributed by atoms with Gasteiger partial charge in [0.2, 0.25) is 11.8 Å². The maximum absolute atomic E-state index is 14.4. The number of fused-ring (bicyclic) bond motifs is 3. The normalized spacial score (nSPS) is 25.7. The molecule has 0 spiro atoms. The topological polar surface area (TPSA) is 184 Å². The number of aromatic amines is 2. The molecule has 4 amide bonds. The molecule has 5 aliphatic rings.